The minimum atomic E-state index is -4.43. The molecule has 0 saturated carbocycles. The van der Waals surface area contributed by atoms with Gasteiger partial charge in [-0.2, -0.15) is 13.2 Å². The molecule has 0 saturated heterocycles. The highest BCUT2D eigenvalue weighted by molar-refractivity contribution is 5.73. The smallest absolute Gasteiger partial charge is 0.416 e. The largest absolute Gasteiger partial charge is 0.460 e. The zero-order valence-corrected chi connectivity index (χ0v) is 12.4. The van der Waals surface area contributed by atoms with Gasteiger partial charge in [-0.3, -0.25) is 4.79 Å². The van der Waals surface area contributed by atoms with Gasteiger partial charge in [0.05, 0.1) is 17.6 Å². The first-order chi connectivity index (χ1) is 9.42. The second-order valence-corrected chi connectivity index (χ2v) is 5.89. The zero-order valence-electron chi connectivity index (χ0n) is 12.4. The molecular formula is C15H19F3O3. The number of hydrogen-bond acceptors (Lipinski definition) is 3. The number of aliphatic hydroxyl groups excluding tert-OH is 1. The number of carbonyl (C=O) groups excluding carboxylic acids is 1. The van der Waals surface area contributed by atoms with Crippen molar-refractivity contribution in [3.8, 4) is 0 Å². The summed E-state index contributed by atoms with van der Waals surface area (Å²) in [5.74, 6) is -1.48. The lowest BCUT2D eigenvalue weighted by atomic mass is 9.96. The Hall–Kier alpha value is -1.56. The molecule has 0 aliphatic heterocycles. The summed E-state index contributed by atoms with van der Waals surface area (Å²) in [4.78, 5) is 11.8. The van der Waals surface area contributed by atoms with Crippen molar-refractivity contribution in [2.45, 2.75) is 45.6 Å². The molecule has 1 aromatic rings. The van der Waals surface area contributed by atoms with Crippen LogP contribution in [0.2, 0.25) is 0 Å². The summed E-state index contributed by atoms with van der Waals surface area (Å²) >= 11 is 0. The molecule has 1 N–H and O–H groups in total. The second kappa shape index (κ2) is 6.05. The van der Waals surface area contributed by atoms with Crippen LogP contribution in [0.4, 0.5) is 13.2 Å². The number of ether oxygens (including phenoxy) is 1. The molecule has 118 valence electrons. The van der Waals surface area contributed by atoms with Crippen molar-refractivity contribution < 1.29 is 27.8 Å². The van der Waals surface area contributed by atoms with Crippen molar-refractivity contribution in [3.63, 3.8) is 0 Å². The lowest BCUT2D eigenvalue weighted by molar-refractivity contribution is -0.163. The Morgan fingerprint density at radius 3 is 2.00 bits per heavy atom. The third-order valence-corrected chi connectivity index (χ3v) is 2.83. The number of benzene rings is 1. The third kappa shape index (κ3) is 5.04. The summed E-state index contributed by atoms with van der Waals surface area (Å²) in [5.41, 5.74) is -1.25. The summed E-state index contributed by atoms with van der Waals surface area (Å²) in [6.07, 6.45) is -5.65. The Kier molecular flexibility index (Phi) is 5.04. The van der Waals surface area contributed by atoms with Crippen LogP contribution in [-0.4, -0.2) is 16.7 Å². The van der Waals surface area contributed by atoms with E-state index in [0.29, 0.717) is 0 Å². The molecule has 0 radical (unpaired) electrons. The SMILES string of the molecule is C[C@@H](C(=O)OC(C)(C)C)[C@H](O)c1ccc(C(F)(F)F)cc1. The van der Waals surface area contributed by atoms with Crippen LogP contribution >= 0.6 is 0 Å². The number of rotatable bonds is 3. The molecule has 6 heteroatoms. The summed E-state index contributed by atoms with van der Waals surface area (Å²) in [6, 6.07) is 4.07. The van der Waals surface area contributed by atoms with Gasteiger partial charge >= 0.3 is 12.1 Å². The average molecular weight is 304 g/mol. The monoisotopic (exact) mass is 304 g/mol. The fourth-order valence-corrected chi connectivity index (χ4v) is 1.68. The Balaban J connectivity index is 2.83. The molecule has 0 unspecified atom stereocenters. The number of aliphatic hydroxyl groups is 1. The molecule has 0 fully saturated rings. The Morgan fingerprint density at radius 1 is 1.14 bits per heavy atom. The van der Waals surface area contributed by atoms with Crippen LogP contribution < -0.4 is 0 Å². The number of halogens is 3. The van der Waals surface area contributed by atoms with E-state index in [4.69, 9.17) is 4.74 Å². The van der Waals surface area contributed by atoms with Gasteiger partial charge in [0.2, 0.25) is 0 Å². The van der Waals surface area contributed by atoms with Crippen LogP contribution in [0.15, 0.2) is 24.3 Å². The number of carbonyl (C=O) groups is 1. The van der Waals surface area contributed by atoms with Gasteiger partial charge in [0.25, 0.3) is 0 Å². The molecule has 0 aliphatic rings. The molecule has 1 rings (SSSR count). The van der Waals surface area contributed by atoms with E-state index in [-0.39, 0.29) is 5.56 Å². The van der Waals surface area contributed by atoms with Gasteiger partial charge in [0.1, 0.15) is 5.60 Å². The lowest BCUT2D eigenvalue weighted by Gasteiger charge is -2.24. The van der Waals surface area contributed by atoms with E-state index in [1.54, 1.807) is 20.8 Å². The van der Waals surface area contributed by atoms with Crippen LogP contribution in [0.3, 0.4) is 0 Å². The van der Waals surface area contributed by atoms with E-state index in [1.807, 2.05) is 0 Å². The van der Waals surface area contributed by atoms with E-state index in [2.05, 4.69) is 0 Å². The van der Waals surface area contributed by atoms with Crippen LogP contribution in [0.5, 0.6) is 0 Å². The maximum Gasteiger partial charge on any atom is 0.416 e. The van der Waals surface area contributed by atoms with E-state index in [0.717, 1.165) is 24.3 Å². The van der Waals surface area contributed by atoms with Gasteiger partial charge in [-0.15, -0.1) is 0 Å². The predicted octanol–water partition coefficient (Wildman–Crippen LogP) is 3.72. The van der Waals surface area contributed by atoms with Crippen molar-refractivity contribution in [2.24, 2.45) is 5.92 Å². The minimum Gasteiger partial charge on any atom is -0.460 e. The Labute approximate surface area is 121 Å². The summed E-state index contributed by atoms with van der Waals surface area (Å²) in [5, 5.41) is 10.1. The molecular weight excluding hydrogens is 285 g/mol. The van der Waals surface area contributed by atoms with Gasteiger partial charge in [0.15, 0.2) is 0 Å². The first-order valence-corrected chi connectivity index (χ1v) is 6.50. The Morgan fingerprint density at radius 2 is 1.62 bits per heavy atom. The van der Waals surface area contributed by atoms with E-state index < -0.39 is 35.3 Å². The van der Waals surface area contributed by atoms with Crippen molar-refractivity contribution >= 4 is 5.97 Å². The van der Waals surface area contributed by atoms with E-state index in [1.165, 1.54) is 6.92 Å². The summed E-state index contributed by atoms with van der Waals surface area (Å²) < 4.78 is 42.5. The lowest BCUT2D eigenvalue weighted by Crippen LogP contribution is -2.30. The first-order valence-electron chi connectivity index (χ1n) is 6.50. The topological polar surface area (TPSA) is 46.5 Å². The van der Waals surface area contributed by atoms with E-state index in [9.17, 15) is 23.1 Å². The molecule has 0 heterocycles. The van der Waals surface area contributed by atoms with Crippen LogP contribution in [0, 0.1) is 5.92 Å². The van der Waals surface area contributed by atoms with Crippen LogP contribution in [-0.2, 0) is 15.7 Å². The maximum atomic E-state index is 12.5. The molecule has 1 aromatic carbocycles. The standard InChI is InChI=1S/C15H19F3O3/c1-9(13(20)21-14(2,3)4)12(19)10-5-7-11(8-6-10)15(16,17)18/h5-9,12,19H,1-4H3/t9-,12+/m1/s1. The quantitative estimate of drug-likeness (QED) is 0.866. The van der Waals surface area contributed by atoms with Crippen molar-refractivity contribution in [1.29, 1.82) is 0 Å². The molecule has 0 bridgehead atoms. The number of alkyl halides is 3. The predicted molar refractivity (Wildman–Crippen MR) is 71.4 cm³/mol. The highest BCUT2D eigenvalue weighted by atomic mass is 19.4. The molecule has 0 aromatic heterocycles. The average Bonchev–Trinajstić information content (AvgIpc) is 2.34. The molecule has 0 aliphatic carbocycles. The van der Waals surface area contributed by atoms with E-state index >= 15 is 0 Å². The van der Waals surface area contributed by atoms with Crippen molar-refractivity contribution in [2.75, 3.05) is 0 Å². The molecule has 0 amide bonds. The molecule has 3 nitrogen and oxygen atoms in total. The Bertz CT molecular complexity index is 486. The second-order valence-electron chi connectivity index (χ2n) is 5.89. The van der Waals surface area contributed by atoms with Gasteiger partial charge in [-0.1, -0.05) is 12.1 Å². The minimum absolute atomic E-state index is 0.237. The van der Waals surface area contributed by atoms with Gasteiger partial charge < -0.3 is 9.84 Å². The van der Waals surface area contributed by atoms with Gasteiger partial charge in [0, 0.05) is 0 Å². The highest BCUT2D eigenvalue weighted by Gasteiger charge is 2.32. The molecule has 21 heavy (non-hydrogen) atoms. The first kappa shape index (κ1) is 17.5. The number of hydrogen-bond donors (Lipinski definition) is 1. The van der Waals surface area contributed by atoms with Crippen LogP contribution in [0.1, 0.15) is 44.9 Å². The van der Waals surface area contributed by atoms with Crippen LogP contribution in [0.25, 0.3) is 0 Å². The number of esters is 1. The maximum absolute atomic E-state index is 12.5. The van der Waals surface area contributed by atoms with Gasteiger partial charge in [-0.05, 0) is 45.4 Å². The normalized spacial score (nSPS) is 15.4. The molecule has 0 spiro atoms. The zero-order chi connectivity index (χ0) is 16.4. The highest BCUT2D eigenvalue weighted by Crippen LogP contribution is 2.31. The fourth-order valence-electron chi connectivity index (χ4n) is 1.68. The molecule has 2 atom stereocenters. The summed E-state index contributed by atoms with van der Waals surface area (Å²) in [6.45, 7) is 6.56. The third-order valence-electron chi connectivity index (χ3n) is 2.83. The summed E-state index contributed by atoms with van der Waals surface area (Å²) in [7, 11) is 0. The van der Waals surface area contributed by atoms with Crippen molar-refractivity contribution in [3.05, 3.63) is 35.4 Å². The van der Waals surface area contributed by atoms with Crippen molar-refractivity contribution in [1.82, 2.24) is 0 Å². The van der Waals surface area contributed by atoms with Gasteiger partial charge in [-0.25, -0.2) is 0 Å². The fraction of sp³-hybridized carbons (Fsp3) is 0.533.